The van der Waals surface area contributed by atoms with E-state index in [-0.39, 0.29) is 25.9 Å². The van der Waals surface area contributed by atoms with E-state index in [1.165, 1.54) is 11.3 Å². The second-order valence-corrected chi connectivity index (χ2v) is 7.46. The standard InChI is InChI=1S/C18H18N4O4S2/c19-5-10-3-11(9-1-2-13-14(4-9)26-8-25-13)20-16(10)17(24)21-12(6-23)18-22-15(27)7-28-18/h1-4,7,12,20,23,27H,5-6,8,19H2,(H,21,24). The van der Waals surface area contributed by atoms with Crippen molar-refractivity contribution in [3.05, 3.63) is 45.9 Å². The van der Waals surface area contributed by atoms with Gasteiger partial charge in [-0.2, -0.15) is 0 Å². The van der Waals surface area contributed by atoms with Gasteiger partial charge in [0.1, 0.15) is 21.8 Å². The number of aromatic amines is 1. The van der Waals surface area contributed by atoms with Gasteiger partial charge in [0.25, 0.3) is 5.91 Å². The van der Waals surface area contributed by atoms with Crippen molar-refractivity contribution in [3.63, 3.8) is 0 Å². The summed E-state index contributed by atoms with van der Waals surface area (Å²) < 4.78 is 10.7. The summed E-state index contributed by atoms with van der Waals surface area (Å²) in [7, 11) is 0. The molecule has 0 saturated heterocycles. The number of fused-ring (bicyclic) bond motifs is 1. The summed E-state index contributed by atoms with van der Waals surface area (Å²) in [6.45, 7) is 0.102. The number of nitrogens with one attached hydrogen (secondary N) is 2. The molecule has 0 aliphatic carbocycles. The maximum atomic E-state index is 12.8. The molecule has 146 valence electrons. The fourth-order valence-corrected chi connectivity index (χ4v) is 4.00. The zero-order valence-electron chi connectivity index (χ0n) is 14.6. The van der Waals surface area contributed by atoms with E-state index >= 15 is 0 Å². The first-order chi connectivity index (χ1) is 13.6. The molecule has 3 aromatic rings. The fraction of sp³-hybridized carbons (Fsp3) is 0.222. The third-order valence-corrected chi connectivity index (χ3v) is 5.69. The Morgan fingerprint density at radius 2 is 2.21 bits per heavy atom. The van der Waals surface area contributed by atoms with E-state index in [4.69, 9.17) is 15.2 Å². The topological polar surface area (TPSA) is 122 Å². The molecule has 2 aromatic heterocycles. The van der Waals surface area contributed by atoms with E-state index < -0.39 is 6.04 Å². The van der Waals surface area contributed by atoms with Crippen molar-refractivity contribution in [3.8, 4) is 22.8 Å². The van der Waals surface area contributed by atoms with Crippen LogP contribution >= 0.6 is 24.0 Å². The highest BCUT2D eigenvalue weighted by Gasteiger charge is 2.22. The molecule has 0 fully saturated rings. The Kier molecular flexibility index (Phi) is 5.27. The van der Waals surface area contributed by atoms with E-state index in [1.54, 1.807) is 5.38 Å². The van der Waals surface area contributed by atoms with Gasteiger partial charge in [0.2, 0.25) is 6.79 Å². The van der Waals surface area contributed by atoms with E-state index in [1.807, 2.05) is 24.3 Å². The maximum absolute atomic E-state index is 12.8. The number of amides is 1. The number of benzene rings is 1. The number of hydrogen-bond acceptors (Lipinski definition) is 8. The Labute approximate surface area is 170 Å². The third kappa shape index (κ3) is 3.59. The molecule has 8 nitrogen and oxygen atoms in total. The van der Waals surface area contributed by atoms with Gasteiger partial charge in [-0.05, 0) is 29.8 Å². The number of aromatic nitrogens is 2. The normalized spacial score (nSPS) is 13.5. The number of hydrogen-bond donors (Lipinski definition) is 5. The first kappa shape index (κ1) is 18.8. The second-order valence-electron chi connectivity index (χ2n) is 6.11. The van der Waals surface area contributed by atoms with Gasteiger partial charge >= 0.3 is 0 Å². The summed E-state index contributed by atoms with van der Waals surface area (Å²) >= 11 is 5.49. The van der Waals surface area contributed by atoms with Crippen LogP contribution in [0.15, 0.2) is 34.7 Å². The SMILES string of the molecule is NCc1cc(-c2ccc3c(c2)OCO3)[nH]c1C(=O)NC(CO)c1nc(S)cs1. The van der Waals surface area contributed by atoms with E-state index in [0.29, 0.717) is 32.8 Å². The van der Waals surface area contributed by atoms with Gasteiger partial charge in [-0.3, -0.25) is 4.79 Å². The number of rotatable bonds is 6. The fourth-order valence-electron chi connectivity index (χ4n) is 2.94. The summed E-state index contributed by atoms with van der Waals surface area (Å²) in [6.07, 6.45) is 0. The first-order valence-corrected chi connectivity index (χ1v) is 9.79. The molecule has 1 atom stereocenters. The molecule has 0 spiro atoms. The maximum Gasteiger partial charge on any atom is 0.268 e. The molecule has 0 radical (unpaired) electrons. The van der Waals surface area contributed by atoms with Gasteiger partial charge in [0.05, 0.1) is 6.61 Å². The summed E-state index contributed by atoms with van der Waals surface area (Å²) in [4.78, 5) is 20.1. The highest BCUT2D eigenvalue weighted by atomic mass is 32.1. The molecule has 1 aliphatic rings. The largest absolute Gasteiger partial charge is 0.454 e. The zero-order valence-corrected chi connectivity index (χ0v) is 16.3. The number of ether oxygens (including phenoxy) is 2. The van der Waals surface area contributed by atoms with Gasteiger partial charge < -0.3 is 30.6 Å². The van der Waals surface area contributed by atoms with Crippen LogP contribution in [0.5, 0.6) is 11.5 Å². The second kappa shape index (κ2) is 7.84. The van der Waals surface area contributed by atoms with Crippen LogP contribution in [0, 0.1) is 0 Å². The molecule has 1 amide bonds. The molecule has 0 saturated carbocycles. The quantitative estimate of drug-likeness (QED) is 0.391. The number of nitrogens with two attached hydrogens (primary N) is 1. The van der Waals surface area contributed by atoms with Crippen molar-refractivity contribution >= 4 is 29.9 Å². The van der Waals surface area contributed by atoms with Crippen LogP contribution in [0.4, 0.5) is 0 Å². The Hall–Kier alpha value is -2.53. The predicted molar refractivity (Wildman–Crippen MR) is 107 cm³/mol. The number of H-pyrrole nitrogens is 1. The minimum atomic E-state index is -0.624. The van der Waals surface area contributed by atoms with Crippen LogP contribution in [0.2, 0.25) is 0 Å². The van der Waals surface area contributed by atoms with Crippen LogP contribution in [-0.2, 0) is 6.54 Å². The van der Waals surface area contributed by atoms with Gasteiger partial charge in [0, 0.05) is 23.2 Å². The highest BCUT2D eigenvalue weighted by Crippen LogP contribution is 2.36. The molecule has 1 aliphatic heterocycles. The molecule has 4 rings (SSSR count). The lowest BCUT2D eigenvalue weighted by molar-refractivity contribution is 0.0910. The van der Waals surface area contributed by atoms with Crippen molar-refractivity contribution in [2.45, 2.75) is 17.6 Å². The van der Waals surface area contributed by atoms with Crippen molar-refractivity contribution in [2.24, 2.45) is 5.73 Å². The molecular weight excluding hydrogens is 400 g/mol. The van der Waals surface area contributed by atoms with Crippen molar-refractivity contribution in [1.82, 2.24) is 15.3 Å². The molecule has 1 aromatic carbocycles. The minimum absolute atomic E-state index is 0.186. The van der Waals surface area contributed by atoms with Crippen LogP contribution in [-0.4, -0.2) is 34.4 Å². The van der Waals surface area contributed by atoms with Gasteiger partial charge in [-0.1, -0.05) is 0 Å². The average Bonchev–Trinajstić information content (AvgIpc) is 3.43. The van der Waals surface area contributed by atoms with Gasteiger partial charge in [0.15, 0.2) is 11.5 Å². The monoisotopic (exact) mass is 418 g/mol. The van der Waals surface area contributed by atoms with Crippen LogP contribution in [0.1, 0.15) is 27.1 Å². The van der Waals surface area contributed by atoms with Gasteiger partial charge in [-0.25, -0.2) is 4.98 Å². The van der Waals surface area contributed by atoms with E-state index in [9.17, 15) is 9.90 Å². The summed E-state index contributed by atoms with van der Waals surface area (Å²) in [5.41, 5.74) is 8.42. The Morgan fingerprint density at radius 3 is 2.93 bits per heavy atom. The van der Waals surface area contributed by atoms with Gasteiger partial charge in [-0.15, -0.1) is 24.0 Å². The molecule has 0 bridgehead atoms. The Morgan fingerprint density at radius 1 is 1.39 bits per heavy atom. The van der Waals surface area contributed by atoms with Crippen molar-refractivity contribution in [1.29, 1.82) is 0 Å². The number of aliphatic hydroxyl groups excluding tert-OH is 1. The molecule has 10 heteroatoms. The predicted octanol–water partition coefficient (Wildman–Crippen LogP) is 2.08. The number of aliphatic hydroxyl groups is 1. The van der Waals surface area contributed by atoms with Crippen LogP contribution in [0.3, 0.4) is 0 Å². The molecule has 3 heterocycles. The summed E-state index contributed by atoms with van der Waals surface area (Å²) in [5, 5.41) is 15.3. The summed E-state index contributed by atoms with van der Waals surface area (Å²) in [5.74, 6) is 0.964. The van der Waals surface area contributed by atoms with E-state index in [0.717, 1.165) is 11.3 Å². The molecule has 28 heavy (non-hydrogen) atoms. The van der Waals surface area contributed by atoms with Crippen LogP contribution in [0.25, 0.3) is 11.3 Å². The molecular formula is C18H18N4O4S2. The molecule has 5 N–H and O–H groups in total. The number of carbonyl (C=O) groups is 1. The Balaban J connectivity index is 1.59. The third-order valence-electron chi connectivity index (χ3n) is 4.33. The van der Waals surface area contributed by atoms with Crippen LogP contribution < -0.4 is 20.5 Å². The number of thiol groups is 1. The lowest BCUT2D eigenvalue weighted by Gasteiger charge is -2.13. The smallest absolute Gasteiger partial charge is 0.268 e. The molecule has 1 unspecified atom stereocenters. The first-order valence-electron chi connectivity index (χ1n) is 8.47. The zero-order chi connectivity index (χ0) is 19.7. The lowest BCUT2D eigenvalue weighted by Crippen LogP contribution is -2.31. The average molecular weight is 419 g/mol. The number of carbonyl (C=O) groups excluding carboxylic acids is 1. The van der Waals surface area contributed by atoms with Crippen molar-refractivity contribution in [2.75, 3.05) is 13.4 Å². The number of thiazole rings is 1. The Bertz CT molecular complexity index is 1020. The van der Waals surface area contributed by atoms with Crippen molar-refractivity contribution < 1.29 is 19.4 Å². The number of nitrogens with zero attached hydrogens (tertiary/aromatic N) is 1. The minimum Gasteiger partial charge on any atom is -0.454 e. The lowest BCUT2D eigenvalue weighted by atomic mass is 10.1. The summed E-state index contributed by atoms with van der Waals surface area (Å²) in [6, 6.07) is 6.74. The highest BCUT2D eigenvalue weighted by molar-refractivity contribution is 7.80. The van der Waals surface area contributed by atoms with E-state index in [2.05, 4.69) is 27.9 Å².